The van der Waals surface area contributed by atoms with Crippen LogP contribution >= 0.6 is 23.5 Å². The smallest absolute Gasteiger partial charge is 0.305 e. The van der Waals surface area contributed by atoms with Crippen LogP contribution in [0.15, 0.2) is 24.3 Å². The first-order chi connectivity index (χ1) is 11.6. The molecule has 0 aliphatic carbocycles. The Kier molecular flexibility index (Phi) is 5.73. The molecule has 0 spiro atoms. The van der Waals surface area contributed by atoms with Gasteiger partial charge in [-0.25, -0.2) is 0 Å². The summed E-state index contributed by atoms with van der Waals surface area (Å²) < 4.78 is 5.77. The molecule has 7 heteroatoms. The van der Waals surface area contributed by atoms with Gasteiger partial charge in [-0.3, -0.25) is 9.59 Å². The number of nitrogens with one attached hydrogen (secondary N) is 1. The van der Waals surface area contributed by atoms with E-state index in [1.54, 1.807) is 0 Å². The van der Waals surface area contributed by atoms with Gasteiger partial charge in [0.2, 0.25) is 0 Å². The highest BCUT2D eigenvalue weighted by Crippen LogP contribution is 2.45. The number of thioether (sulfide) groups is 2. The fourth-order valence-corrected chi connectivity index (χ4v) is 5.91. The van der Waals surface area contributed by atoms with Crippen LogP contribution in [-0.4, -0.2) is 47.2 Å². The third-order valence-corrected chi connectivity index (χ3v) is 7.49. The number of aliphatic carboxylic acids is 1. The maximum absolute atomic E-state index is 12.6. The number of hydrogen-bond donors (Lipinski definition) is 2. The lowest BCUT2D eigenvalue weighted by molar-refractivity contribution is -0.139. The van der Waals surface area contributed by atoms with Crippen molar-refractivity contribution in [1.29, 1.82) is 0 Å². The van der Waals surface area contributed by atoms with Crippen molar-refractivity contribution in [3.8, 4) is 0 Å². The number of ether oxygens (including phenoxy) is 1. The molecule has 0 radical (unpaired) electrons. The minimum Gasteiger partial charge on any atom is -0.481 e. The van der Waals surface area contributed by atoms with Gasteiger partial charge < -0.3 is 15.2 Å². The maximum atomic E-state index is 12.6. The summed E-state index contributed by atoms with van der Waals surface area (Å²) in [6.07, 6.45) is 0.979. The predicted molar refractivity (Wildman–Crippen MR) is 96.6 cm³/mol. The van der Waals surface area contributed by atoms with Crippen molar-refractivity contribution >= 4 is 35.4 Å². The lowest BCUT2D eigenvalue weighted by Gasteiger charge is -2.36. The summed E-state index contributed by atoms with van der Waals surface area (Å²) in [7, 11) is 0. The first-order valence-corrected chi connectivity index (χ1v) is 10.1. The highest BCUT2D eigenvalue weighted by atomic mass is 32.2. The summed E-state index contributed by atoms with van der Waals surface area (Å²) in [6, 6.07) is 7.66. The molecule has 2 aliphatic heterocycles. The van der Waals surface area contributed by atoms with Gasteiger partial charge in [0.05, 0.1) is 16.5 Å². The second-order valence-corrected chi connectivity index (χ2v) is 8.84. The van der Waals surface area contributed by atoms with Gasteiger partial charge in [0, 0.05) is 30.3 Å². The normalized spacial score (nSPS) is 20.7. The first-order valence-electron chi connectivity index (χ1n) is 8.03. The monoisotopic (exact) mass is 367 g/mol. The van der Waals surface area contributed by atoms with E-state index in [9.17, 15) is 14.7 Å². The number of hydrogen-bond acceptors (Lipinski definition) is 5. The van der Waals surface area contributed by atoms with Crippen LogP contribution in [0.2, 0.25) is 0 Å². The fraction of sp³-hybridized carbons (Fsp3) is 0.529. The lowest BCUT2D eigenvalue weighted by atomic mass is 9.86. The van der Waals surface area contributed by atoms with Crippen molar-refractivity contribution in [2.24, 2.45) is 0 Å². The predicted octanol–water partition coefficient (Wildman–Crippen LogP) is 2.92. The molecule has 1 amide bonds. The zero-order chi connectivity index (χ0) is 17.0. The molecule has 2 saturated heterocycles. The van der Waals surface area contributed by atoms with E-state index < -0.39 is 11.5 Å². The molecule has 0 unspecified atom stereocenters. The summed E-state index contributed by atoms with van der Waals surface area (Å²) in [5.74, 6) is 1.22. The Bertz CT molecular complexity index is 593. The third kappa shape index (κ3) is 4.26. The van der Waals surface area contributed by atoms with Crippen LogP contribution in [0.25, 0.3) is 0 Å². The van der Waals surface area contributed by atoms with Gasteiger partial charge in [0.15, 0.2) is 0 Å². The first kappa shape index (κ1) is 17.6. The van der Waals surface area contributed by atoms with Crippen molar-refractivity contribution in [1.82, 2.24) is 5.32 Å². The van der Waals surface area contributed by atoms with Gasteiger partial charge in [0.1, 0.15) is 0 Å². The van der Waals surface area contributed by atoms with E-state index in [0.717, 1.165) is 11.5 Å². The molecule has 0 bridgehead atoms. The molecule has 2 N–H and O–H groups in total. The zero-order valence-electron chi connectivity index (χ0n) is 13.3. The van der Waals surface area contributed by atoms with Crippen molar-refractivity contribution in [3.63, 3.8) is 0 Å². The molecule has 2 fully saturated rings. The summed E-state index contributed by atoms with van der Waals surface area (Å²) in [5.41, 5.74) is 1.09. The highest BCUT2D eigenvalue weighted by molar-refractivity contribution is 8.19. The van der Waals surface area contributed by atoms with E-state index in [2.05, 4.69) is 5.32 Å². The number of benzene rings is 1. The lowest BCUT2D eigenvalue weighted by Crippen LogP contribution is -2.53. The van der Waals surface area contributed by atoms with Crippen LogP contribution in [0.3, 0.4) is 0 Å². The molecular formula is C17H21NO4S2. The molecule has 130 valence electrons. The number of carbonyl (C=O) groups excluding carboxylic acids is 1. The number of amides is 1. The van der Waals surface area contributed by atoms with E-state index in [1.807, 2.05) is 47.8 Å². The third-order valence-electron chi connectivity index (χ3n) is 4.39. The van der Waals surface area contributed by atoms with Crippen molar-refractivity contribution in [2.75, 3.05) is 24.7 Å². The molecule has 2 aliphatic rings. The van der Waals surface area contributed by atoms with Crippen LogP contribution in [0.5, 0.6) is 0 Å². The Balaban J connectivity index is 1.69. The Morgan fingerprint density at radius 1 is 1.17 bits per heavy atom. The SMILES string of the molecule is O=C(O)CC1(NC(=O)c2ccc(C3SCCS3)cc2)CCOCC1. The summed E-state index contributed by atoms with van der Waals surface area (Å²) in [4.78, 5) is 23.8. The maximum Gasteiger partial charge on any atom is 0.305 e. The summed E-state index contributed by atoms with van der Waals surface area (Å²) in [6.45, 7) is 0.950. The molecular weight excluding hydrogens is 346 g/mol. The number of carbonyl (C=O) groups is 2. The van der Waals surface area contributed by atoms with Gasteiger partial charge in [-0.15, -0.1) is 23.5 Å². The minimum atomic E-state index is -0.900. The Labute approximate surface area is 149 Å². The molecule has 0 atom stereocenters. The summed E-state index contributed by atoms with van der Waals surface area (Å²) in [5, 5.41) is 12.1. The van der Waals surface area contributed by atoms with Crippen LogP contribution in [0.1, 0.15) is 39.8 Å². The molecule has 2 heterocycles. The zero-order valence-corrected chi connectivity index (χ0v) is 15.0. The van der Waals surface area contributed by atoms with Gasteiger partial charge in [-0.2, -0.15) is 0 Å². The number of carboxylic acids is 1. The van der Waals surface area contributed by atoms with Crippen LogP contribution < -0.4 is 5.32 Å². The Morgan fingerprint density at radius 3 is 2.38 bits per heavy atom. The van der Waals surface area contributed by atoms with E-state index in [-0.39, 0.29) is 12.3 Å². The van der Waals surface area contributed by atoms with Gasteiger partial charge in [0.25, 0.3) is 5.91 Å². The molecule has 3 rings (SSSR count). The highest BCUT2D eigenvalue weighted by Gasteiger charge is 2.36. The molecule has 0 saturated carbocycles. The van der Waals surface area contributed by atoms with Gasteiger partial charge >= 0.3 is 5.97 Å². The van der Waals surface area contributed by atoms with Gasteiger partial charge in [-0.05, 0) is 30.5 Å². The fourth-order valence-electron chi connectivity index (χ4n) is 3.05. The second-order valence-electron chi connectivity index (χ2n) is 6.11. The number of carboxylic acid groups (broad SMARTS) is 1. The van der Waals surface area contributed by atoms with Crippen LogP contribution in [-0.2, 0) is 9.53 Å². The number of rotatable bonds is 5. The van der Waals surface area contributed by atoms with Crippen molar-refractivity contribution in [2.45, 2.75) is 29.4 Å². The van der Waals surface area contributed by atoms with E-state index >= 15 is 0 Å². The van der Waals surface area contributed by atoms with E-state index in [0.29, 0.717) is 36.2 Å². The second kappa shape index (κ2) is 7.80. The van der Waals surface area contributed by atoms with Crippen molar-refractivity contribution < 1.29 is 19.4 Å². The average molecular weight is 367 g/mol. The molecule has 24 heavy (non-hydrogen) atoms. The molecule has 0 aromatic heterocycles. The average Bonchev–Trinajstić information content (AvgIpc) is 3.09. The van der Waals surface area contributed by atoms with E-state index in [4.69, 9.17) is 4.74 Å². The van der Waals surface area contributed by atoms with Crippen LogP contribution in [0, 0.1) is 0 Å². The molecule has 5 nitrogen and oxygen atoms in total. The molecule has 1 aromatic rings. The minimum absolute atomic E-state index is 0.0739. The Hall–Kier alpha value is -1.18. The quantitative estimate of drug-likeness (QED) is 0.833. The topological polar surface area (TPSA) is 75.6 Å². The largest absolute Gasteiger partial charge is 0.481 e. The van der Waals surface area contributed by atoms with Crippen molar-refractivity contribution in [3.05, 3.63) is 35.4 Å². The van der Waals surface area contributed by atoms with E-state index in [1.165, 1.54) is 5.56 Å². The van der Waals surface area contributed by atoms with Crippen LogP contribution in [0.4, 0.5) is 0 Å². The summed E-state index contributed by atoms with van der Waals surface area (Å²) >= 11 is 3.86. The van der Waals surface area contributed by atoms with Gasteiger partial charge in [-0.1, -0.05) is 12.1 Å². The standard InChI is InChI=1S/C17H21NO4S2/c19-14(20)11-17(5-7-22-8-6-17)18-15(21)12-1-3-13(4-2-12)16-23-9-10-24-16/h1-4,16H,5-11H2,(H,18,21)(H,19,20). The Morgan fingerprint density at radius 2 is 1.79 bits per heavy atom. The molecule has 1 aromatic carbocycles.